The first-order valence-corrected chi connectivity index (χ1v) is 11.6. The number of rotatable bonds is 5. The Bertz CT molecular complexity index is 1010. The van der Waals surface area contributed by atoms with Gasteiger partial charge in [-0.25, -0.2) is 8.42 Å². The summed E-state index contributed by atoms with van der Waals surface area (Å²) in [5.41, 5.74) is 1.50. The maximum Gasteiger partial charge on any atom is 0.250 e. The molecule has 1 heterocycles. The van der Waals surface area contributed by atoms with E-state index in [9.17, 15) is 13.2 Å². The van der Waals surface area contributed by atoms with E-state index in [1.54, 1.807) is 34.6 Å². The second-order valence-electron chi connectivity index (χ2n) is 7.30. The van der Waals surface area contributed by atoms with Crippen LogP contribution in [0.1, 0.15) is 25.3 Å². The maximum absolute atomic E-state index is 12.8. The molecule has 2 N–H and O–H groups in total. The van der Waals surface area contributed by atoms with Crippen molar-refractivity contribution in [1.82, 2.24) is 9.62 Å². The molecule has 0 radical (unpaired) electrons. The summed E-state index contributed by atoms with van der Waals surface area (Å²) in [5.74, 6) is 0.205. The SMILES string of the molecule is CC1CCN(S(=O)(=O)c2ccc(NC(=S)NC(=O)C=Cc3ccccc3)cc2)CC1. The van der Waals surface area contributed by atoms with Gasteiger partial charge in [-0.15, -0.1) is 0 Å². The van der Waals surface area contributed by atoms with Crippen molar-refractivity contribution in [2.75, 3.05) is 18.4 Å². The van der Waals surface area contributed by atoms with E-state index in [1.165, 1.54) is 6.08 Å². The Kier molecular flexibility index (Phi) is 7.36. The van der Waals surface area contributed by atoms with Gasteiger partial charge in [0, 0.05) is 24.9 Å². The van der Waals surface area contributed by atoms with E-state index in [0.29, 0.717) is 24.7 Å². The Labute approximate surface area is 183 Å². The van der Waals surface area contributed by atoms with Crippen molar-refractivity contribution in [3.05, 3.63) is 66.2 Å². The molecule has 0 aliphatic carbocycles. The molecule has 6 nitrogen and oxygen atoms in total. The number of amides is 1. The third kappa shape index (κ3) is 5.98. The number of anilines is 1. The molecule has 30 heavy (non-hydrogen) atoms. The van der Waals surface area contributed by atoms with Crippen LogP contribution in [-0.2, 0) is 14.8 Å². The van der Waals surface area contributed by atoms with Crippen molar-refractivity contribution >= 4 is 45.0 Å². The Morgan fingerprint density at radius 2 is 1.70 bits per heavy atom. The summed E-state index contributed by atoms with van der Waals surface area (Å²) in [5, 5.41) is 5.60. The number of thiocarbonyl (C=S) groups is 1. The van der Waals surface area contributed by atoms with E-state index in [2.05, 4.69) is 17.6 Å². The van der Waals surface area contributed by atoms with E-state index < -0.39 is 10.0 Å². The quantitative estimate of drug-likeness (QED) is 0.545. The summed E-state index contributed by atoms with van der Waals surface area (Å²) in [6.07, 6.45) is 4.86. The second kappa shape index (κ2) is 9.97. The van der Waals surface area contributed by atoms with Crippen molar-refractivity contribution in [3.8, 4) is 0 Å². The zero-order valence-electron chi connectivity index (χ0n) is 16.7. The van der Waals surface area contributed by atoms with E-state index in [1.807, 2.05) is 30.3 Å². The lowest BCUT2D eigenvalue weighted by Gasteiger charge is -2.29. The first-order chi connectivity index (χ1) is 14.3. The normalized spacial score (nSPS) is 15.8. The van der Waals surface area contributed by atoms with E-state index in [-0.39, 0.29) is 15.9 Å². The first-order valence-electron chi connectivity index (χ1n) is 9.80. The standard InChI is InChI=1S/C22H25N3O3S2/c1-17-13-15-25(16-14-17)30(27,28)20-10-8-19(9-11-20)23-22(29)24-21(26)12-7-18-5-3-2-4-6-18/h2-12,17H,13-16H2,1H3,(H2,23,24,26,29). The van der Waals surface area contributed by atoms with Gasteiger partial charge < -0.3 is 5.32 Å². The number of benzene rings is 2. The summed E-state index contributed by atoms with van der Waals surface area (Å²) in [6.45, 7) is 3.25. The van der Waals surface area contributed by atoms with Gasteiger partial charge in [-0.2, -0.15) is 4.31 Å². The monoisotopic (exact) mass is 443 g/mol. The Morgan fingerprint density at radius 1 is 1.07 bits per heavy atom. The molecular formula is C22H25N3O3S2. The van der Waals surface area contributed by atoms with Crippen LogP contribution in [0.25, 0.3) is 6.08 Å². The van der Waals surface area contributed by atoms with E-state index >= 15 is 0 Å². The number of sulfonamides is 1. The summed E-state index contributed by atoms with van der Waals surface area (Å²) >= 11 is 5.16. The molecule has 0 unspecified atom stereocenters. The Balaban J connectivity index is 1.55. The second-order valence-corrected chi connectivity index (χ2v) is 9.64. The Morgan fingerprint density at radius 3 is 2.33 bits per heavy atom. The van der Waals surface area contributed by atoms with Crippen LogP contribution < -0.4 is 10.6 Å². The number of carbonyl (C=O) groups is 1. The van der Waals surface area contributed by atoms with Crippen LogP contribution in [0.3, 0.4) is 0 Å². The fourth-order valence-corrected chi connectivity index (χ4v) is 4.82. The first kappa shape index (κ1) is 22.1. The van der Waals surface area contributed by atoms with Gasteiger partial charge in [-0.3, -0.25) is 10.1 Å². The molecule has 0 bridgehead atoms. The van der Waals surface area contributed by atoms with Gasteiger partial charge >= 0.3 is 0 Å². The van der Waals surface area contributed by atoms with E-state index in [4.69, 9.17) is 12.2 Å². The third-order valence-electron chi connectivity index (χ3n) is 4.96. The fraction of sp³-hybridized carbons (Fsp3) is 0.273. The number of carbonyl (C=O) groups excluding carboxylic acids is 1. The van der Waals surface area contributed by atoms with Crippen molar-refractivity contribution in [2.24, 2.45) is 5.92 Å². The topological polar surface area (TPSA) is 78.5 Å². The minimum atomic E-state index is -3.49. The van der Waals surface area contributed by atoms with Crippen LogP contribution in [0, 0.1) is 5.92 Å². The molecule has 0 atom stereocenters. The zero-order chi connectivity index (χ0) is 21.6. The summed E-state index contributed by atoms with van der Waals surface area (Å²) in [4.78, 5) is 12.2. The highest BCUT2D eigenvalue weighted by atomic mass is 32.2. The molecule has 1 aliphatic rings. The van der Waals surface area contributed by atoms with Crippen LogP contribution in [0.5, 0.6) is 0 Å². The van der Waals surface area contributed by atoms with Gasteiger partial charge in [0.25, 0.3) is 0 Å². The van der Waals surface area contributed by atoms with Gasteiger partial charge in [0.05, 0.1) is 4.90 Å². The van der Waals surface area contributed by atoms with Crippen molar-refractivity contribution in [2.45, 2.75) is 24.7 Å². The number of hydrogen-bond acceptors (Lipinski definition) is 4. The Hall–Kier alpha value is -2.55. The maximum atomic E-state index is 12.8. The van der Waals surface area contributed by atoms with Gasteiger partial charge in [0.15, 0.2) is 5.11 Å². The number of hydrogen-bond donors (Lipinski definition) is 2. The molecular weight excluding hydrogens is 418 g/mol. The number of piperidine rings is 1. The van der Waals surface area contributed by atoms with E-state index in [0.717, 1.165) is 18.4 Å². The number of nitrogens with zero attached hydrogens (tertiary/aromatic N) is 1. The molecule has 1 fully saturated rings. The average Bonchev–Trinajstić information content (AvgIpc) is 2.73. The lowest BCUT2D eigenvalue weighted by Crippen LogP contribution is -2.37. The molecule has 1 aliphatic heterocycles. The van der Waals surface area contributed by atoms with Crippen LogP contribution in [0.4, 0.5) is 5.69 Å². The summed E-state index contributed by atoms with van der Waals surface area (Å²) < 4.78 is 27.1. The van der Waals surface area contributed by atoms with Crippen LogP contribution in [-0.4, -0.2) is 36.8 Å². The molecule has 0 aromatic heterocycles. The van der Waals surface area contributed by atoms with Crippen LogP contribution in [0.15, 0.2) is 65.6 Å². The summed E-state index contributed by atoms with van der Waals surface area (Å²) in [6, 6.07) is 15.8. The highest BCUT2D eigenvalue weighted by Gasteiger charge is 2.27. The lowest BCUT2D eigenvalue weighted by atomic mass is 10.0. The molecule has 2 aromatic rings. The summed E-state index contributed by atoms with van der Waals surface area (Å²) in [7, 11) is -3.49. The molecule has 2 aromatic carbocycles. The van der Waals surface area contributed by atoms with Crippen molar-refractivity contribution in [1.29, 1.82) is 0 Å². The predicted molar refractivity (Wildman–Crippen MR) is 123 cm³/mol. The molecule has 8 heteroatoms. The van der Waals surface area contributed by atoms with Crippen molar-refractivity contribution < 1.29 is 13.2 Å². The lowest BCUT2D eigenvalue weighted by molar-refractivity contribution is -0.115. The molecule has 0 spiro atoms. The highest BCUT2D eigenvalue weighted by Crippen LogP contribution is 2.24. The fourth-order valence-electron chi connectivity index (χ4n) is 3.14. The predicted octanol–water partition coefficient (Wildman–Crippen LogP) is 3.63. The highest BCUT2D eigenvalue weighted by molar-refractivity contribution is 7.89. The van der Waals surface area contributed by atoms with Crippen LogP contribution in [0.2, 0.25) is 0 Å². The molecule has 0 saturated carbocycles. The van der Waals surface area contributed by atoms with Gasteiger partial charge in [0.1, 0.15) is 0 Å². The van der Waals surface area contributed by atoms with Crippen molar-refractivity contribution in [3.63, 3.8) is 0 Å². The molecule has 1 saturated heterocycles. The number of nitrogens with one attached hydrogen (secondary N) is 2. The van der Waals surface area contributed by atoms with Gasteiger partial charge in [0.2, 0.25) is 15.9 Å². The zero-order valence-corrected chi connectivity index (χ0v) is 18.4. The van der Waals surface area contributed by atoms with Gasteiger partial charge in [-0.05, 0) is 66.9 Å². The smallest absolute Gasteiger partial charge is 0.250 e. The molecule has 1 amide bonds. The molecule has 3 rings (SSSR count). The van der Waals surface area contributed by atoms with Crippen LogP contribution >= 0.6 is 12.2 Å². The average molecular weight is 444 g/mol. The largest absolute Gasteiger partial charge is 0.332 e. The van der Waals surface area contributed by atoms with Gasteiger partial charge in [-0.1, -0.05) is 37.3 Å². The minimum absolute atomic E-state index is 0.137. The molecule has 158 valence electrons. The minimum Gasteiger partial charge on any atom is -0.332 e. The third-order valence-corrected chi connectivity index (χ3v) is 7.07.